The lowest BCUT2D eigenvalue weighted by Gasteiger charge is -2.24. The second kappa shape index (κ2) is 5.28. The van der Waals surface area contributed by atoms with Gasteiger partial charge in [0.2, 0.25) is 0 Å². The molecule has 0 spiro atoms. The number of rotatable bonds is 4. The zero-order valence-corrected chi connectivity index (χ0v) is 13.3. The smallest absolute Gasteiger partial charge is 0.0844 e. The first-order chi connectivity index (χ1) is 8.82. The lowest BCUT2D eigenvalue weighted by Crippen LogP contribution is -2.13. The van der Waals surface area contributed by atoms with Gasteiger partial charge in [0.05, 0.1) is 12.2 Å². The Morgan fingerprint density at radius 3 is 2.37 bits per heavy atom. The van der Waals surface area contributed by atoms with Gasteiger partial charge in [-0.2, -0.15) is 0 Å². The summed E-state index contributed by atoms with van der Waals surface area (Å²) in [5, 5.41) is 0. The normalized spacial score (nSPS) is 24.3. The van der Waals surface area contributed by atoms with Crippen molar-refractivity contribution >= 4 is 0 Å². The summed E-state index contributed by atoms with van der Waals surface area (Å²) in [6, 6.07) is 6.99. The largest absolute Gasteiger partial charge is 0.370 e. The fourth-order valence-corrected chi connectivity index (χ4v) is 2.82. The van der Waals surface area contributed by atoms with Crippen molar-refractivity contribution in [2.75, 3.05) is 0 Å². The quantitative estimate of drug-likeness (QED) is 0.697. The Balaban J connectivity index is 2.25. The average molecular weight is 260 g/mol. The van der Waals surface area contributed by atoms with E-state index in [-0.39, 0.29) is 5.41 Å². The van der Waals surface area contributed by atoms with E-state index in [9.17, 15) is 0 Å². The molecule has 106 valence electrons. The van der Waals surface area contributed by atoms with Gasteiger partial charge in [0.15, 0.2) is 0 Å². The Morgan fingerprint density at radius 1 is 1.26 bits per heavy atom. The monoisotopic (exact) mass is 260 g/mol. The first-order valence-electron chi connectivity index (χ1n) is 7.59. The molecule has 0 aliphatic carbocycles. The molecule has 1 aromatic carbocycles. The molecule has 1 aliphatic rings. The molecule has 1 aromatic rings. The van der Waals surface area contributed by atoms with E-state index in [1.807, 2.05) is 0 Å². The van der Waals surface area contributed by atoms with E-state index in [0.29, 0.717) is 18.1 Å². The van der Waals surface area contributed by atoms with Crippen LogP contribution in [0.15, 0.2) is 18.2 Å². The molecule has 19 heavy (non-hydrogen) atoms. The summed E-state index contributed by atoms with van der Waals surface area (Å²) < 4.78 is 5.61. The lowest BCUT2D eigenvalue weighted by atomic mass is 9.81. The van der Waals surface area contributed by atoms with Crippen molar-refractivity contribution in [3.8, 4) is 0 Å². The van der Waals surface area contributed by atoms with E-state index < -0.39 is 0 Å². The minimum atomic E-state index is 0.226. The predicted molar refractivity (Wildman–Crippen MR) is 81.9 cm³/mol. The van der Waals surface area contributed by atoms with Crippen LogP contribution >= 0.6 is 0 Å². The number of aryl methyl sites for hydroxylation is 1. The van der Waals surface area contributed by atoms with Gasteiger partial charge in [-0.1, -0.05) is 45.9 Å². The maximum atomic E-state index is 5.61. The Morgan fingerprint density at radius 2 is 1.89 bits per heavy atom. The molecule has 3 unspecified atom stereocenters. The van der Waals surface area contributed by atoms with Gasteiger partial charge in [0.25, 0.3) is 0 Å². The van der Waals surface area contributed by atoms with Crippen LogP contribution in [0.2, 0.25) is 0 Å². The van der Waals surface area contributed by atoms with E-state index in [2.05, 4.69) is 59.7 Å². The first-order valence-corrected chi connectivity index (χ1v) is 7.59. The molecule has 1 aliphatic heterocycles. The molecule has 1 heterocycles. The standard InChI is InChI=1S/C18H28O/c1-7-14(10-17-13(3)19-17)16-11-15(18(4,5)6)9-8-12(16)2/h8-9,11,13-14,17H,7,10H2,1-6H3. The lowest BCUT2D eigenvalue weighted by molar-refractivity contribution is 0.357. The van der Waals surface area contributed by atoms with Crippen LogP contribution in [0.3, 0.4) is 0 Å². The van der Waals surface area contributed by atoms with Crippen LogP contribution < -0.4 is 0 Å². The molecule has 1 heteroatoms. The summed E-state index contributed by atoms with van der Waals surface area (Å²) in [4.78, 5) is 0. The topological polar surface area (TPSA) is 12.5 Å². The van der Waals surface area contributed by atoms with E-state index in [0.717, 1.165) is 0 Å². The van der Waals surface area contributed by atoms with Crippen LogP contribution in [-0.4, -0.2) is 12.2 Å². The van der Waals surface area contributed by atoms with Crippen LogP contribution in [0.4, 0.5) is 0 Å². The third-order valence-electron chi connectivity index (χ3n) is 4.43. The summed E-state index contributed by atoms with van der Waals surface area (Å²) in [5.41, 5.74) is 4.62. The number of benzene rings is 1. The Bertz CT molecular complexity index is 441. The number of epoxide rings is 1. The first kappa shape index (κ1) is 14.6. The summed E-state index contributed by atoms with van der Waals surface area (Å²) in [5.74, 6) is 0.636. The Kier molecular flexibility index (Phi) is 4.06. The minimum absolute atomic E-state index is 0.226. The van der Waals surface area contributed by atoms with Gasteiger partial charge in [-0.05, 0) is 54.7 Å². The van der Waals surface area contributed by atoms with Gasteiger partial charge >= 0.3 is 0 Å². The second-order valence-corrected chi connectivity index (χ2v) is 7.04. The van der Waals surface area contributed by atoms with E-state index >= 15 is 0 Å². The van der Waals surface area contributed by atoms with Crippen LogP contribution in [0, 0.1) is 6.92 Å². The zero-order chi connectivity index (χ0) is 14.2. The second-order valence-electron chi connectivity index (χ2n) is 7.04. The molecular weight excluding hydrogens is 232 g/mol. The van der Waals surface area contributed by atoms with Crippen molar-refractivity contribution in [2.24, 2.45) is 0 Å². The summed E-state index contributed by atoms with van der Waals surface area (Å²) in [6.07, 6.45) is 3.33. The number of hydrogen-bond acceptors (Lipinski definition) is 1. The number of ether oxygens (including phenoxy) is 1. The summed E-state index contributed by atoms with van der Waals surface area (Å²) in [7, 11) is 0. The van der Waals surface area contributed by atoms with Crippen molar-refractivity contribution in [2.45, 2.75) is 77.9 Å². The van der Waals surface area contributed by atoms with Crippen molar-refractivity contribution in [1.82, 2.24) is 0 Å². The third kappa shape index (κ3) is 3.39. The molecule has 1 saturated heterocycles. The molecular formula is C18H28O. The molecule has 1 fully saturated rings. The van der Waals surface area contributed by atoms with Crippen molar-refractivity contribution in [1.29, 1.82) is 0 Å². The van der Waals surface area contributed by atoms with Crippen molar-refractivity contribution in [3.63, 3.8) is 0 Å². The van der Waals surface area contributed by atoms with Gasteiger partial charge in [-0.3, -0.25) is 0 Å². The molecule has 1 nitrogen and oxygen atoms in total. The van der Waals surface area contributed by atoms with E-state index in [4.69, 9.17) is 4.74 Å². The molecule has 0 aromatic heterocycles. The zero-order valence-electron chi connectivity index (χ0n) is 13.3. The van der Waals surface area contributed by atoms with E-state index in [1.54, 1.807) is 0 Å². The Labute approximate surface area is 118 Å². The molecule has 0 radical (unpaired) electrons. The van der Waals surface area contributed by atoms with Crippen molar-refractivity contribution in [3.05, 3.63) is 34.9 Å². The van der Waals surface area contributed by atoms with Crippen LogP contribution in [0.1, 0.15) is 70.1 Å². The van der Waals surface area contributed by atoms with E-state index in [1.165, 1.54) is 29.5 Å². The average Bonchev–Trinajstić information content (AvgIpc) is 3.01. The highest BCUT2D eigenvalue weighted by Crippen LogP contribution is 2.37. The molecule has 0 saturated carbocycles. The third-order valence-corrected chi connectivity index (χ3v) is 4.43. The molecule has 3 atom stereocenters. The highest BCUT2D eigenvalue weighted by Gasteiger charge is 2.36. The highest BCUT2D eigenvalue weighted by molar-refractivity contribution is 5.37. The molecule has 0 N–H and O–H groups in total. The van der Waals surface area contributed by atoms with Crippen LogP contribution in [-0.2, 0) is 10.2 Å². The van der Waals surface area contributed by atoms with Crippen molar-refractivity contribution < 1.29 is 4.74 Å². The summed E-state index contributed by atoms with van der Waals surface area (Å²) in [6.45, 7) is 13.6. The fraction of sp³-hybridized carbons (Fsp3) is 0.667. The minimum Gasteiger partial charge on any atom is -0.370 e. The maximum Gasteiger partial charge on any atom is 0.0844 e. The SMILES string of the molecule is CCC(CC1OC1C)c1cc(C(C)(C)C)ccc1C. The molecule has 0 bridgehead atoms. The Hall–Kier alpha value is -0.820. The predicted octanol–water partition coefficient (Wildman–Crippen LogP) is 4.96. The molecule has 2 rings (SSSR count). The number of hydrogen-bond donors (Lipinski definition) is 0. The van der Waals surface area contributed by atoms with Gasteiger partial charge in [0, 0.05) is 0 Å². The summed E-state index contributed by atoms with van der Waals surface area (Å²) >= 11 is 0. The van der Waals surface area contributed by atoms with Crippen LogP contribution in [0.25, 0.3) is 0 Å². The fourth-order valence-electron chi connectivity index (χ4n) is 2.82. The van der Waals surface area contributed by atoms with Crippen LogP contribution in [0.5, 0.6) is 0 Å². The maximum absolute atomic E-state index is 5.61. The van der Waals surface area contributed by atoms with Gasteiger partial charge in [-0.25, -0.2) is 0 Å². The van der Waals surface area contributed by atoms with Gasteiger partial charge in [0.1, 0.15) is 0 Å². The van der Waals surface area contributed by atoms with Gasteiger partial charge < -0.3 is 4.74 Å². The molecule has 0 amide bonds. The van der Waals surface area contributed by atoms with Gasteiger partial charge in [-0.15, -0.1) is 0 Å². The highest BCUT2D eigenvalue weighted by atomic mass is 16.6.